The standard InChI is InChI=1S/C10H15N5/c1-9-8-14(10(11-2)13-9)6-7-15-5-3-4-12-15/h3-5,8H,6-7H2,1-2H3,(H,11,13). The van der Waals surface area contributed by atoms with Gasteiger partial charge in [-0.3, -0.25) is 4.68 Å². The highest BCUT2D eigenvalue weighted by Crippen LogP contribution is 2.07. The van der Waals surface area contributed by atoms with Crippen LogP contribution in [-0.4, -0.2) is 26.4 Å². The molecule has 0 atom stereocenters. The molecule has 2 aromatic rings. The SMILES string of the molecule is CNc1nc(C)cn1CCn1cccn1. The number of anilines is 1. The summed E-state index contributed by atoms with van der Waals surface area (Å²) in [6.07, 6.45) is 5.79. The van der Waals surface area contributed by atoms with E-state index >= 15 is 0 Å². The molecule has 0 fully saturated rings. The summed E-state index contributed by atoms with van der Waals surface area (Å²) in [7, 11) is 1.88. The maximum atomic E-state index is 4.35. The smallest absolute Gasteiger partial charge is 0.202 e. The minimum atomic E-state index is 0.859. The Hall–Kier alpha value is -1.78. The zero-order valence-electron chi connectivity index (χ0n) is 9.01. The van der Waals surface area contributed by atoms with Crippen molar-refractivity contribution in [1.29, 1.82) is 0 Å². The second-order valence-electron chi connectivity index (χ2n) is 3.42. The normalized spacial score (nSPS) is 10.5. The summed E-state index contributed by atoms with van der Waals surface area (Å²) in [6, 6.07) is 1.93. The first-order chi connectivity index (χ1) is 7.29. The van der Waals surface area contributed by atoms with Crippen LogP contribution in [-0.2, 0) is 13.1 Å². The van der Waals surface area contributed by atoms with E-state index in [1.54, 1.807) is 6.20 Å². The third-order valence-corrected chi connectivity index (χ3v) is 2.25. The minimum absolute atomic E-state index is 0.859. The number of hydrogen-bond donors (Lipinski definition) is 1. The van der Waals surface area contributed by atoms with E-state index in [-0.39, 0.29) is 0 Å². The maximum Gasteiger partial charge on any atom is 0.202 e. The van der Waals surface area contributed by atoms with Crippen molar-refractivity contribution in [3.8, 4) is 0 Å². The fraction of sp³-hybridized carbons (Fsp3) is 0.400. The predicted octanol–water partition coefficient (Wildman–Crippen LogP) is 1.13. The number of aromatic nitrogens is 4. The number of aryl methyl sites for hydroxylation is 3. The van der Waals surface area contributed by atoms with Crippen LogP contribution in [0.1, 0.15) is 5.69 Å². The molecule has 5 nitrogen and oxygen atoms in total. The van der Waals surface area contributed by atoms with Crippen molar-refractivity contribution in [2.45, 2.75) is 20.0 Å². The summed E-state index contributed by atoms with van der Waals surface area (Å²) in [5, 5.41) is 7.22. The molecular weight excluding hydrogens is 190 g/mol. The van der Waals surface area contributed by atoms with Crippen LogP contribution in [0.5, 0.6) is 0 Å². The second-order valence-corrected chi connectivity index (χ2v) is 3.42. The van der Waals surface area contributed by atoms with Crippen LogP contribution in [0, 0.1) is 6.92 Å². The van der Waals surface area contributed by atoms with Crippen molar-refractivity contribution < 1.29 is 0 Å². The molecule has 0 bridgehead atoms. The monoisotopic (exact) mass is 205 g/mol. The molecule has 15 heavy (non-hydrogen) atoms. The van der Waals surface area contributed by atoms with Gasteiger partial charge in [0.25, 0.3) is 0 Å². The largest absolute Gasteiger partial charge is 0.359 e. The van der Waals surface area contributed by atoms with Crippen LogP contribution in [0.25, 0.3) is 0 Å². The van der Waals surface area contributed by atoms with E-state index in [9.17, 15) is 0 Å². The van der Waals surface area contributed by atoms with Gasteiger partial charge in [-0.05, 0) is 13.0 Å². The van der Waals surface area contributed by atoms with E-state index < -0.39 is 0 Å². The molecule has 0 radical (unpaired) electrons. The van der Waals surface area contributed by atoms with Crippen LogP contribution < -0.4 is 5.32 Å². The van der Waals surface area contributed by atoms with E-state index in [4.69, 9.17) is 0 Å². The Morgan fingerprint density at radius 2 is 2.27 bits per heavy atom. The average Bonchev–Trinajstić information content (AvgIpc) is 2.83. The van der Waals surface area contributed by atoms with E-state index in [0.29, 0.717) is 0 Å². The van der Waals surface area contributed by atoms with Crippen molar-refractivity contribution in [2.24, 2.45) is 0 Å². The Morgan fingerprint density at radius 1 is 1.40 bits per heavy atom. The number of rotatable bonds is 4. The topological polar surface area (TPSA) is 47.7 Å². The molecule has 80 valence electrons. The molecule has 5 heteroatoms. The van der Waals surface area contributed by atoms with Gasteiger partial charge in [-0.15, -0.1) is 0 Å². The molecule has 0 unspecified atom stereocenters. The lowest BCUT2D eigenvalue weighted by Crippen LogP contribution is -2.09. The molecule has 2 aromatic heterocycles. The number of nitrogens with one attached hydrogen (secondary N) is 1. The van der Waals surface area contributed by atoms with Gasteiger partial charge in [0.15, 0.2) is 0 Å². The van der Waals surface area contributed by atoms with Crippen LogP contribution >= 0.6 is 0 Å². The number of nitrogens with zero attached hydrogens (tertiary/aromatic N) is 4. The van der Waals surface area contributed by atoms with Crippen molar-refractivity contribution in [3.63, 3.8) is 0 Å². The summed E-state index contributed by atoms with van der Waals surface area (Å²) in [4.78, 5) is 4.35. The summed E-state index contributed by atoms with van der Waals surface area (Å²) in [5.74, 6) is 0.902. The van der Waals surface area contributed by atoms with Gasteiger partial charge < -0.3 is 9.88 Å². The Kier molecular flexibility index (Phi) is 2.71. The molecule has 2 rings (SSSR count). The molecule has 0 saturated carbocycles. The van der Waals surface area contributed by atoms with Gasteiger partial charge in [-0.1, -0.05) is 0 Å². The Balaban J connectivity index is 2.04. The molecule has 0 spiro atoms. The van der Waals surface area contributed by atoms with Crippen LogP contribution in [0.4, 0.5) is 5.95 Å². The van der Waals surface area contributed by atoms with E-state index in [0.717, 1.165) is 24.7 Å². The zero-order chi connectivity index (χ0) is 10.7. The fourth-order valence-corrected chi connectivity index (χ4v) is 1.56. The van der Waals surface area contributed by atoms with E-state index in [1.165, 1.54) is 0 Å². The molecule has 0 aliphatic heterocycles. The van der Waals surface area contributed by atoms with Crippen molar-refractivity contribution in [1.82, 2.24) is 19.3 Å². The van der Waals surface area contributed by atoms with Gasteiger partial charge in [0, 0.05) is 32.2 Å². The third-order valence-electron chi connectivity index (χ3n) is 2.25. The first kappa shape index (κ1) is 9.76. The Bertz CT molecular complexity index is 415. The Labute approximate surface area is 88.7 Å². The first-order valence-corrected chi connectivity index (χ1v) is 4.98. The molecule has 0 aliphatic rings. The van der Waals surface area contributed by atoms with E-state index in [2.05, 4.69) is 20.0 Å². The van der Waals surface area contributed by atoms with Crippen LogP contribution in [0.2, 0.25) is 0 Å². The molecule has 0 saturated heterocycles. The van der Waals surface area contributed by atoms with Crippen LogP contribution in [0.3, 0.4) is 0 Å². The van der Waals surface area contributed by atoms with Crippen molar-refractivity contribution in [3.05, 3.63) is 30.4 Å². The molecule has 0 aromatic carbocycles. The van der Waals surface area contributed by atoms with Crippen molar-refractivity contribution >= 4 is 5.95 Å². The lowest BCUT2D eigenvalue weighted by atomic mass is 10.5. The molecule has 2 heterocycles. The Morgan fingerprint density at radius 3 is 2.93 bits per heavy atom. The van der Waals surface area contributed by atoms with Gasteiger partial charge in [0.05, 0.1) is 12.2 Å². The van der Waals surface area contributed by atoms with Gasteiger partial charge in [-0.25, -0.2) is 4.98 Å². The van der Waals surface area contributed by atoms with Gasteiger partial charge in [-0.2, -0.15) is 5.10 Å². The number of hydrogen-bond acceptors (Lipinski definition) is 3. The maximum absolute atomic E-state index is 4.35. The lowest BCUT2D eigenvalue weighted by molar-refractivity contribution is 0.536. The van der Waals surface area contributed by atoms with Gasteiger partial charge in [0.2, 0.25) is 5.95 Å². The minimum Gasteiger partial charge on any atom is -0.359 e. The molecule has 1 N–H and O–H groups in total. The second kappa shape index (κ2) is 4.16. The third kappa shape index (κ3) is 2.18. The number of imidazole rings is 1. The lowest BCUT2D eigenvalue weighted by Gasteiger charge is -2.06. The highest BCUT2D eigenvalue weighted by Gasteiger charge is 2.02. The molecule has 0 aliphatic carbocycles. The summed E-state index contributed by atoms with van der Waals surface area (Å²) in [6.45, 7) is 3.72. The average molecular weight is 205 g/mol. The highest BCUT2D eigenvalue weighted by atomic mass is 15.3. The summed E-state index contributed by atoms with van der Waals surface area (Å²) < 4.78 is 4.01. The van der Waals surface area contributed by atoms with Gasteiger partial charge >= 0.3 is 0 Å². The summed E-state index contributed by atoms with van der Waals surface area (Å²) >= 11 is 0. The first-order valence-electron chi connectivity index (χ1n) is 4.98. The quantitative estimate of drug-likeness (QED) is 0.814. The van der Waals surface area contributed by atoms with E-state index in [1.807, 2.05) is 37.1 Å². The highest BCUT2D eigenvalue weighted by molar-refractivity contribution is 5.27. The van der Waals surface area contributed by atoms with Crippen molar-refractivity contribution in [2.75, 3.05) is 12.4 Å². The van der Waals surface area contributed by atoms with Gasteiger partial charge in [0.1, 0.15) is 0 Å². The fourth-order valence-electron chi connectivity index (χ4n) is 1.56. The predicted molar refractivity (Wildman–Crippen MR) is 58.7 cm³/mol. The van der Waals surface area contributed by atoms with Crippen LogP contribution in [0.15, 0.2) is 24.7 Å². The molecular formula is C10H15N5. The summed E-state index contributed by atoms with van der Waals surface area (Å²) in [5.41, 5.74) is 1.03. The molecule has 0 amide bonds. The zero-order valence-corrected chi connectivity index (χ0v) is 9.01.